The predicted octanol–water partition coefficient (Wildman–Crippen LogP) is 2.26. The van der Waals surface area contributed by atoms with Crippen molar-refractivity contribution >= 4 is 11.8 Å². The quantitative estimate of drug-likeness (QED) is 0.858. The van der Waals surface area contributed by atoms with E-state index in [0.717, 1.165) is 11.4 Å². The molecule has 1 aliphatic carbocycles. The van der Waals surface area contributed by atoms with Crippen LogP contribution in [0.5, 0.6) is 0 Å². The van der Waals surface area contributed by atoms with Crippen molar-refractivity contribution in [2.24, 2.45) is 0 Å². The van der Waals surface area contributed by atoms with E-state index in [1.165, 1.54) is 25.7 Å². The molecule has 90 valence electrons. The standard InChI is InChI=1S/C12H20N2OS/c1-16-9-12(15)8-10-6-7-14(13-10)11-4-2-3-5-11/h6-7,11-12,15H,2-5,8-9H2,1H3. The topological polar surface area (TPSA) is 38.0 Å². The second-order valence-electron chi connectivity index (χ2n) is 4.54. The maximum absolute atomic E-state index is 9.71. The van der Waals surface area contributed by atoms with Gasteiger partial charge in [0, 0.05) is 18.4 Å². The van der Waals surface area contributed by atoms with Crippen molar-refractivity contribution in [1.29, 1.82) is 0 Å². The highest BCUT2D eigenvalue weighted by molar-refractivity contribution is 7.98. The highest BCUT2D eigenvalue weighted by Gasteiger charge is 2.17. The zero-order valence-corrected chi connectivity index (χ0v) is 10.6. The fourth-order valence-corrected chi connectivity index (χ4v) is 2.85. The Bertz CT molecular complexity index is 321. The summed E-state index contributed by atoms with van der Waals surface area (Å²) in [5.41, 5.74) is 1.02. The molecule has 1 aliphatic rings. The number of aliphatic hydroxyl groups excluding tert-OH is 1. The molecular weight excluding hydrogens is 220 g/mol. The van der Waals surface area contributed by atoms with Gasteiger partial charge in [0.2, 0.25) is 0 Å². The van der Waals surface area contributed by atoms with E-state index in [2.05, 4.69) is 16.0 Å². The minimum Gasteiger partial charge on any atom is -0.392 e. The van der Waals surface area contributed by atoms with Crippen LogP contribution in [0, 0.1) is 0 Å². The summed E-state index contributed by atoms with van der Waals surface area (Å²) in [6, 6.07) is 2.65. The zero-order chi connectivity index (χ0) is 11.4. The van der Waals surface area contributed by atoms with Gasteiger partial charge < -0.3 is 5.11 Å². The van der Waals surface area contributed by atoms with Crippen LogP contribution in [0.4, 0.5) is 0 Å². The van der Waals surface area contributed by atoms with E-state index in [9.17, 15) is 5.11 Å². The van der Waals surface area contributed by atoms with Gasteiger partial charge in [-0.05, 0) is 25.2 Å². The summed E-state index contributed by atoms with van der Waals surface area (Å²) in [5, 5.41) is 14.3. The smallest absolute Gasteiger partial charge is 0.0686 e. The van der Waals surface area contributed by atoms with E-state index in [0.29, 0.717) is 12.5 Å². The van der Waals surface area contributed by atoms with Gasteiger partial charge in [-0.1, -0.05) is 12.8 Å². The predicted molar refractivity (Wildman–Crippen MR) is 67.8 cm³/mol. The van der Waals surface area contributed by atoms with Crippen LogP contribution in [0.15, 0.2) is 12.3 Å². The van der Waals surface area contributed by atoms with Gasteiger partial charge in [0.15, 0.2) is 0 Å². The van der Waals surface area contributed by atoms with Gasteiger partial charge in [0.25, 0.3) is 0 Å². The number of aliphatic hydroxyl groups is 1. The van der Waals surface area contributed by atoms with Crippen LogP contribution in [0.3, 0.4) is 0 Å². The second-order valence-corrected chi connectivity index (χ2v) is 5.45. The molecule has 0 aliphatic heterocycles. The SMILES string of the molecule is CSCC(O)Cc1ccn(C2CCCC2)n1. The third-order valence-electron chi connectivity index (χ3n) is 3.17. The van der Waals surface area contributed by atoms with Crippen LogP contribution in [0.1, 0.15) is 37.4 Å². The van der Waals surface area contributed by atoms with Crippen molar-refractivity contribution in [1.82, 2.24) is 9.78 Å². The van der Waals surface area contributed by atoms with E-state index >= 15 is 0 Å². The lowest BCUT2D eigenvalue weighted by atomic mass is 10.2. The summed E-state index contributed by atoms with van der Waals surface area (Å²) in [4.78, 5) is 0. The Hall–Kier alpha value is -0.480. The molecule has 1 aromatic rings. The molecule has 1 fully saturated rings. The van der Waals surface area contributed by atoms with E-state index < -0.39 is 0 Å². The number of hydrogen-bond donors (Lipinski definition) is 1. The molecule has 1 N–H and O–H groups in total. The summed E-state index contributed by atoms with van der Waals surface area (Å²) in [6.07, 6.45) is 9.67. The van der Waals surface area contributed by atoms with Crippen molar-refractivity contribution in [2.45, 2.75) is 44.2 Å². The van der Waals surface area contributed by atoms with E-state index in [1.807, 2.05) is 12.3 Å². The number of thioether (sulfide) groups is 1. The lowest BCUT2D eigenvalue weighted by molar-refractivity contribution is 0.198. The molecule has 0 spiro atoms. The van der Waals surface area contributed by atoms with Gasteiger partial charge in [-0.25, -0.2) is 0 Å². The molecule has 1 saturated carbocycles. The number of nitrogens with zero attached hydrogens (tertiary/aromatic N) is 2. The summed E-state index contributed by atoms with van der Waals surface area (Å²) in [5.74, 6) is 0.788. The van der Waals surface area contributed by atoms with Crippen molar-refractivity contribution < 1.29 is 5.11 Å². The third-order valence-corrected chi connectivity index (χ3v) is 3.88. The molecule has 0 radical (unpaired) electrons. The van der Waals surface area contributed by atoms with Crippen LogP contribution in [-0.2, 0) is 6.42 Å². The largest absolute Gasteiger partial charge is 0.392 e. The fourth-order valence-electron chi connectivity index (χ4n) is 2.35. The molecule has 3 nitrogen and oxygen atoms in total. The molecule has 0 amide bonds. The van der Waals surface area contributed by atoms with E-state index in [-0.39, 0.29) is 6.10 Å². The molecule has 0 aromatic carbocycles. The Morgan fingerprint density at radius 2 is 2.31 bits per heavy atom. The van der Waals surface area contributed by atoms with Crippen molar-refractivity contribution in [3.8, 4) is 0 Å². The zero-order valence-electron chi connectivity index (χ0n) is 9.80. The number of hydrogen-bond acceptors (Lipinski definition) is 3. The first-order valence-corrected chi connectivity index (χ1v) is 7.40. The van der Waals surface area contributed by atoms with Gasteiger partial charge in [-0.2, -0.15) is 16.9 Å². The molecule has 0 bridgehead atoms. The average Bonchev–Trinajstić information content (AvgIpc) is 2.86. The molecule has 1 heterocycles. The maximum atomic E-state index is 9.71. The Morgan fingerprint density at radius 1 is 1.56 bits per heavy atom. The molecule has 2 rings (SSSR count). The monoisotopic (exact) mass is 240 g/mol. The minimum atomic E-state index is -0.262. The summed E-state index contributed by atoms with van der Waals surface area (Å²) >= 11 is 1.68. The third kappa shape index (κ3) is 3.01. The summed E-state index contributed by atoms with van der Waals surface area (Å²) in [7, 11) is 0. The van der Waals surface area contributed by atoms with Crippen molar-refractivity contribution in [2.75, 3.05) is 12.0 Å². The lowest BCUT2D eigenvalue weighted by Crippen LogP contribution is -2.14. The molecule has 16 heavy (non-hydrogen) atoms. The van der Waals surface area contributed by atoms with E-state index in [1.54, 1.807) is 11.8 Å². The Kier molecular flexibility index (Phi) is 4.29. The first-order valence-electron chi connectivity index (χ1n) is 6.00. The first-order chi connectivity index (χ1) is 7.79. The minimum absolute atomic E-state index is 0.262. The first kappa shape index (κ1) is 12.0. The van der Waals surface area contributed by atoms with Gasteiger partial charge in [0.1, 0.15) is 0 Å². The van der Waals surface area contributed by atoms with Crippen molar-refractivity contribution in [3.05, 3.63) is 18.0 Å². The van der Waals surface area contributed by atoms with Gasteiger partial charge >= 0.3 is 0 Å². The van der Waals surface area contributed by atoms with Crippen molar-refractivity contribution in [3.63, 3.8) is 0 Å². The van der Waals surface area contributed by atoms with E-state index in [4.69, 9.17) is 0 Å². The molecular formula is C12H20N2OS. The summed E-state index contributed by atoms with van der Waals surface area (Å²) in [6.45, 7) is 0. The summed E-state index contributed by atoms with van der Waals surface area (Å²) < 4.78 is 2.09. The highest BCUT2D eigenvalue weighted by Crippen LogP contribution is 2.28. The molecule has 1 aromatic heterocycles. The molecule has 1 atom stereocenters. The van der Waals surface area contributed by atoms with Crippen LogP contribution in [0.2, 0.25) is 0 Å². The van der Waals surface area contributed by atoms with Crippen LogP contribution < -0.4 is 0 Å². The second kappa shape index (κ2) is 5.73. The Labute approximate surface area is 101 Å². The highest BCUT2D eigenvalue weighted by atomic mass is 32.2. The van der Waals surface area contributed by atoms with Gasteiger partial charge in [0.05, 0.1) is 17.8 Å². The van der Waals surface area contributed by atoms with Crippen LogP contribution >= 0.6 is 11.8 Å². The van der Waals surface area contributed by atoms with Crippen LogP contribution in [-0.4, -0.2) is 33.0 Å². The Balaban J connectivity index is 1.91. The van der Waals surface area contributed by atoms with Gasteiger partial charge in [-0.3, -0.25) is 4.68 Å². The normalized spacial score (nSPS) is 19.1. The maximum Gasteiger partial charge on any atom is 0.0686 e. The van der Waals surface area contributed by atoms with Crippen LogP contribution in [0.25, 0.3) is 0 Å². The Morgan fingerprint density at radius 3 is 3.00 bits per heavy atom. The lowest BCUT2D eigenvalue weighted by Gasteiger charge is -2.09. The fraction of sp³-hybridized carbons (Fsp3) is 0.750. The number of rotatable bonds is 5. The number of aromatic nitrogens is 2. The average molecular weight is 240 g/mol. The van der Waals surface area contributed by atoms with Gasteiger partial charge in [-0.15, -0.1) is 0 Å². The molecule has 4 heteroatoms. The molecule has 0 saturated heterocycles. The molecule has 1 unspecified atom stereocenters.